The second kappa shape index (κ2) is 6.09. The third kappa shape index (κ3) is 3.13. The SMILES string of the molecule is CCOc1ccc(Br)cc1-c1nc(N)nc(C)c1C(=O)O. The normalized spacial score (nSPS) is 10.4. The fourth-order valence-electron chi connectivity index (χ4n) is 2.01. The zero-order valence-corrected chi connectivity index (χ0v) is 13.1. The second-order valence-electron chi connectivity index (χ2n) is 4.27. The number of carboxylic acids is 1. The number of nitrogen functional groups attached to an aromatic ring is 1. The van der Waals surface area contributed by atoms with E-state index in [1.165, 1.54) is 0 Å². The number of nitrogens with zero attached hydrogens (tertiary/aromatic N) is 2. The van der Waals surface area contributed by atoms with Gasteiger partial charge in [0.05, 0.1) is 18.0 Å². The number of rotatable bonds is 4. The Balaban J connectivity index is 2.77. The van der Waals surface area contributed by atoms with Crippen LogP contribution in [0.1, 0.15) is 23.0 Å². The smallest absolute Gasteiger partial charge is 0.339 e. The maximum Gasteiger partial charge on any atom is 0.339 e. The highest BCUT2D eigenvalue weighted by atomic mass is 79.9. The number of aromatic carboxylic acids is 1. The Morgan fingerprint density at radius 3 is 2.76 bits per heavy atom. The molecule has 0 aliphatic carbocycles. The Hall–Kier alpha value is -2.15. The van der Waals surface area contributed by atoms with E-state index < -0.39 is 5.97 Å². The Kier molecular flexibility index (Phi) is 4.42. The van der Waals surface area contributed by atoms with E-state index in [0.29, 0.717) is 23.6 Å². The van der Waals surface area contributed by atoms with E-state index >= 15 is 0 Å². The molecule has 0 unspecified atom stereocenters. The van der Waals surface area contributed by atoms with Crippen molar-refractivity contribution in [2.75, 3.05) is 12.3 Å². The first kappa shape index (κ1) is 15.2. The number of hydrogen-bond acceptors (Lipinski definition) is 5. The molecule has 0 bridgehead atoms. The number of aromatic nitrogens is 2. The van der Waals surface area contributed by atoms with Crippen LogP contribution in [0, 0.1) is 6.92 Å². The number of nitrogens with two attached hydrogens (primary N) is 1. The molecule has 0 spiro atoms. The summed E-state index contributed by atoms with van der Waals surface area (Å²) < 4.78 is 6.33. The van der Waals surface area contributed by atoms with Crippen molar-refractivity contribution in [3.8, 4) is 17.0 Å². The van der Waals surface area contributed by atoms with Crippen molar-refractivity contribution in [2.24, 2.45) is 0 Å². The first-order chi connectivity index (χ1) is 9.93. The van der Waals surface area contributed by atoms with Gasteiger partial charge in [-0.25, -0.2) is 14.8 Å². The minimum atomic E-state index is -1.11. The van der Waals surface area contributed by atoms with Crippen molar-refractivity contribution in [1.29, 1.82) is 0 Å². The lowest BCUT2D eigenvalue weighted by Gasteiger charge is -2.13. The molecule has 0 radical (unpaired) electrons. The van der Waals surface area contributed by atoms with Crippen LogP contribution in [0.3, 0.4) is 0 Å². The van der Waals surface area contributed by atoms with Gasteiger partial charge >= 0.3 is 5.97 Å². The molecule has 0 aliphatic rings. The molecular weight excluding hydrogens is 338 g/mol. The van der Waals surface area contributed by atoms with Gasteiger partial charge in [0, 0.05) is 10.0 Å². The van der Waals surface area contributed by atoms with Gasteiger partial charge in [-0.2, -0.15) is 0 Å². The molecule has 0 atom stereocenters. The highest BCUT2D eigenvalue weighted by molar-refractivity contribution is 9.10. The fourth-order valence-corrected chi connectivity index (χ4v) is 2.38. The minimum absolute atomic E-state index is 0.0169. The van der Waals surface area contributed by atoms with Crippen LogP contribution >= 0.6 is 15.9 Å². The number of halogens is 1. The van der Waals surface area contributed by atoms with Crippen LogP contribution in [0.4, 0.5) is 5.95 Å². The van der Waals surface area contributed by atoms with Crippen LogP contribution in [0.2, 0.25) is 0 Å². The van der Waals surface area contributed by atoms with Crippen molar-refractivity contribution in [1.82, 2.24) is 9.97 Å². The van der Waals surface area contributed by atoms with Crippen molar-refractivity contribution < 1.29 is 14.6 Å². The summed E-state index contributed by atoms with van der Waals surface area (Å²) in [4.78, 5) is 19.5. The van der Waals surface area contributed by atoms with Gasteiger partial charge in [0.2, 0.25) is 5.95 Å². The predicted octanol–water partition coefficient (Wildman–Crippen LogP) is 2.89. The summed E-state index contributed by atoms with van der Waals surface area (Å²) in [6.45, 7) is 3.89. The van der Waals surface area contributed by atoms with Crippen molar-refractivity contribution in [2.45, 2.75) is 13.8 Å². The molecule has 110 valence electrons. The molecule has 1 heterocycles. The molecule has 6 nitrogen and oxygen atoms in total. The van der Waals surface area contributed by atoms with Gasteiger partial charge in [-0.1, -0.05) is 15.9 Å². The van der Waals surface area contributed by atoms with Gasteiger partial charge in [0.1, 0.15) is 11.3 Å². The number of ether oxygens (including phenoxy) is 1. The molecule has 0 aliphatic heterocycles. The lowest BCUT2D eigenvalue weighted by Crippen LogP contribution is -2.10. The number of benzene rings is 1. The van der Waals surface area contributed by atoms with Crippen LogP contribution in [-0.2, 0) is 0 Å². The number of anilines is 1. The highest BCUT2D eigenvalue weighted by Gasteiger charge is 2.21. The molecule has 2 aromatic rings. The minimum Gasteiger partial charge on any atom is -0.493 e. The standard InChI is InChI=1S/C14H14BrN3O3/c1-3-21-10-5-4-8(15)6-9(10)12-11(13(19)20)7(2)17-14(16)18-12/h4-6H,3H2,1-2H3,(H,19,20)(H2,16,17,18). The van der Waals surface area contributed by atoms with Crippen LogP contribution in [0.25, 0.3) is 11.3 Å². The van der Waals surface area contributed by atoms with E-state index in [1.807, 2.05) is 13.0 Å². The molecule has 21 heavy (non-hydrogen) atoms. The molecule has 0 saturated heterocycles. The molecule has 7 heteroatoms. The first-order valence-corrected chi connectivity index (χ1v) is 7.03. The summed E-state index contributed by atoms with van der Waals surface area (Å²) in [6, 6.07) is 5.31. The van der Waals surface area contributed by atoms with Gasteiger partial charge in [-0.05, 0) is 32.0 Å². The van der Waals surface area contributed by atoms with Crippen LogP contribution in [0.5, 0.6) is 5.75 Å². The second-order valence-corrected chi connectivity index (χ2v) is 5.19. The van der Waals surface area contributed by atoms with E-state index in [0.717, 1.165) is 4.47 Å². The Labute approximate surface area is 130 Å². The summed E-state index contributed by atoms with van der Waals surface area (Å²) in [7, 11) is 0. The number of hydrogen-bond donors (Lipinski definition) is 2. The molecule has 0 fully saturated rings. The van der Waals surface area contributed by atoms with E-state index in [4.69, 9.17) is 10.5 Å². The molecule has 0 amide bonds. The Morgan fingerprint density at radius 2 is 2.14 bits per heavy atom. The number of carbonyl (C=O) groups is 1. The maximum atomic E-state index is 11.5. The molecular formula is C14H14BrN3O3. The first-order valence-electron chi connectivity index (χ1n) is 6.24. The Morgan fingerprint density at radius 1 is 1.43 bits per heavy atom. The van der Waals surface area contributed by atoms with E-state index in [9.17, 15) is 9.90 Å². The zero-order valence-electron chi connectivity index (χ0n) is 11.6. The summed E-state index contributed by atoms with van der Waals surface area (Å²) in [5.74, 6) is -0.541. The lowest BCUT2D eigenvalue weighted by atomic mass is 10.0. The molecule has 2 rings (SSSR count). The van der Waals surface area contributed by atoms with Crippen molar-refractivity contribution in [3.63, 3.8) is 0 Å². The summed E-state index contributed by atoms with van der Waals surface area (Å²) >= 11 is 3.37. The van der Waals surface area contributed by atoms with Crippen molar-refractivity contribution >= 4 is 27.8 Å². The van der Waals surface area contributed by atoms with Crippen LogP contribution in [0.15, 0.2) is 22.7 Å². The van der Waals surface area contributed by atoms with Gasteiger partial charge in [0.15, 0.2) is 0 Å². The zero-order chi connectivity index (χ0) is 15.6. The van der Waals surface area contributed by atoms with E-state index in [2.05, 4.69) is 25.9 Å². The number of aryl methyl sites for hydroxylation is 1. The van der Waals surface area contributed by atoms with Crippen molar-refractivity contribution in [3.05, 3.63) is 33.9 Å². The maximum absolute atomic E-state index is 11.5. The fraction of sp³-hybridized carbons (Fsp3) is 0.214. The third-order valence-electron chi connectivity index (χ3n) is 2.82. The average Bonchev–Trinajstić information content (AvgIpc) is 2.39. The van der Waals surface area contributed by atoms with E-state index in [1.54, 1.807) is 19.1 Å². The highest BCUT2D eigenvalue weighted by Crippen LogP contribution is 2.34. The monoisotopic (exact) mass is 351 g/mol. The van der Waals surface area contributed by atoms with Gasteiger partial charge in [-0.15, -0.1) is 0 Å². The summed E-state index contributed by atoms with van der Waals surface area (Å²) in [5, 5.41) is 9.42. The van der Waals surface area contributed by atoms with E-state index in [-0.39, 0.29) is 17.2 Å². The molecule has 0 saturated carbocycles. The summed E-state index contributed by atoms with van der Waals surface area (Å²) in [6.07, 6.45) is 0. The molecule has 1 aromatic carbocycles. The predicted molar refractivity (Wildman–Crippen MR) is 82.4 cm³/mol. The molecule has 1 aromatic heterocycles. The summed E-state index contributed by atoms with van der Waals surface area (Å²) in [5.41, 5.74) is 6.79. The number of carboxylic acid groups (broad SMARTS) is 1. The van der Waals surface area contributed by atoms with Crippen LogP contribution in [-0.4, -0.2) is 27.7 Å². The largest absolute Gasteiger partial charge is 0.493 e. The quantitative estimate of drug-likeness (QED) is 0.878. The lowest BCUT2D eigenvalue weighted by molar-refractivity contribution is 0.0696. The topological polar surface area (TPSA) is 98.3 Å². The van der Waals surface area contributed by atoms with Gasteiger partial charge < -0.3 is 15.6 Å². The average molecular weight is 352 g/mol. The Bertz CT molecular complexity index is 704. The van der Waals surface area contributed by atoms with Crippen LogP contribution < -0.4 is 10.5 Å². The molecule has 3 N–H and O–H groups in total. The van der Waals surface area contributed by atoms with Gasteiger partial charge in [-0.3, -0.25) is 0 Å². The third-order valence-corrected chi connectivity index (χ3v) is 3.31. The van der Waals surface area contributed by atoms with Gasteiger partial charge in [0.25, 0.3) is 0 Å².